The van der Waals surface area contributed by atoms with Crippen molar-refractivity contribution in [2.75, 3.05) is 18.5 Å². The Labute approximate surface area is 151 Å². The van der Waals surface area contributed by atoms with E-state index in [2.05, 4.69) is 5.32 Å². The first-order valence-electron chi connectivity index (χ1n) is 8.32. The van der Waals surface area contributed by atoms with Crippen molar-refractivity contribution in [3.05, 3.63) is 28.2 Å². The lowest BCUT2D eigenvalue weighted by atomic mass is 9.95. The van der Waals surface area contributed by atoms with Crippen LogP contribution in [0.3, 0.4) is 0 Å². The SMILES string of the molecule is CCOC(=O)c1c(NC(=O)COC(=O)[C@@H]2CC=CCC2)sc(C)c1C. The van der Waals surface area contributed by atoms with Gasteiger partial charge >= 0.3 is 11.9 Å². The minimum atomic E-state index is -0.467. The molecular formula is C18H23NO5S. The Kier molecular flexibility index (Phi) is 6.75. The molecule has 1 atom stereocenters. The largest absolute Gasteiger partial charge is 0.462 e. The number of ether oxygens (including phenoxy) is 2. The third-order valence-electron chi connectivity index (χ3n) is 4.07. The molecule has 2 rings (SSSR count). The molecule has 0 saturated carbocycles. The number of allylic oxidation sites excluding steroid dienone is 2. The van der Waals surface area contributed by atoms with Crippen LogP contribution < -0.4 is 5.32 Å². The van der Waals surface area contributed by atoms with E-state index in [-0.39, 0.29) is 25.1 Å². The minimum absolute atomic E-state index is 0.181. The zero-order valence-corrected chi connectivity index (χ0v) is 15.5. The number of carbonyl (C=O) groups excluding carboxylic acids is 3. The van der Waals surface area contributed by atoms with Crippen molar-refractivity contribution < 1.29 is 23.9 Å². The predicted molar refractivity (Wildman–Crippen MR) is 95.8 cm³/mol. The smallest absolute Gasteiger partial charge is 0.341 e. The van der Waals surface area contributed by atoms with Crippen molar-refractivity contribution >= 4 is 34.2 Å². The summed E-state index contributed by atoms with van der Waals surface area (Å²) in [5.41, 5.74) is 1.14. The highest BCUT2D eigenvalue weighted by molar-refractivity contribution is 7.16. The molecule has 1 aromatic rings. The second-order valence-corrected chi connectivity index (χ2v) is 7.07. The Morgan fingerprint density at radius 2 is 2.00 bits per heavy atom. The molecule has 0 aliphatic heterocycles. The quantitative estimate of drug-likeness (QED) is 0.617. The molecule has 6 nitrogen and oxygen atoms in total. The topological polar surface area (TPSA) is 81.7 Å². The number of hydrogen-bond acceptors (Lipinski definition) is 6. The molecule has 1 aliphatic carbocycles. The van der Waals surface area contributed by atoms with Gasteiger partial charge in [0.15, 0.2) is 6.61 Å². The van der Waals surface area contributed by atoms with Gasteiger partial charge in [-0.15, -0.1) is 11.3 Å². The number of anilines is 1. The van der Waals surface area contributed by atoms with Gasteiger partial charge in [0.05, 0.1) is 18.1 Å². The first kappa shape index (κ1) is 19.2. The van der Waals surface area contributed by atoms with E-state index in [1.165, 1.54) is 11.3 Å². The third-order valence-corrected chi connectivity index (χ3v) is 5.19. The van der Waals surface area contributed by atoms with Gasteiger partial charge in [-0.3, -0.25) is 9.59 Å². The lowest BCUT2D eigenvalue weighted by molar-refractivity contribution is -0.151. The molecule has 0 unspecified atom stereocenters. The highest BCUT2D eigenvalue weighted by Gasteiger charge is 2.24. The number of hydrogen-bond donors (Lipinski definition) is 1. The number of thiophene rings is 1. The van der Waals surface area contributed by atoms with E-state index in [1.807, 2.05) is 26.0 Å². The summed E-state index contributed by atoms with van der Waals surface area (Å²) in [7, 11) is 0. The van der Waals surface area contributed by atoms with Gasteiger partial charge in [0.25, 0.3) is 5.91 Å². The molecule has 7 heteroatoms. The van der Waals surface area contributed by atoms with Gasteiger partial charge < -0.3 is 14.8 Å². The summed E-state index contributed by atoms with van der Waals surface area (Å²) >= 11 is 1.30. The van der Waals surface area contributed by atoms with Crippen LogP contribution in [-0.2, 0) is 19.1 Å². The van der Waals surface area contributed by atoms with Gasteiger partial charge in [0, 0.05) is 4.88 Å². The third kappa shape index (κ3) is 4.92. The predicted octanol–water partition coefficient (Wildman–Crippen LogP) is 3.38. The zero-order chi connectivity index (χ0) is 18.4. The molecule has 0 spiro atoms. The molecular weight excluding hydrogens is 342 g/mol. The Balaban J connectivity index is 1.96. The van der Waals surface area contributed by atoms with Crippen molar-refractivity contribution in [1.82, 2.24) is 0 Å². The monoisotopic (exact) mass is 365 g/mol. The fourth-order valence-electron chi connectivity index (χ4n) is 2.59. The van der Waals surface area contributed by atoms with Crippen LogP contribution >= 0.6 is 11.3 Å². The Morgan fingerprint density at radius 1 is 1.24 bits per heavy atom. The number of amides is 1. The maximum Gasteiger partial charge on any atom is 0.341 e. The molecule has 1 amide bonds. The van der Waals surface area contributed by atoms with Crippen molar-refractivity contribution in [3.8, 4) is 0 Å². The summed E-state index contributed by atoms with van der Waals surface area (Å²) in [5, 5.41) is 3.08. The van der Waals surface area contributed by atoms with Gasteiger partial charge in [-0.2, -0.15) is 0 Å². The summed E-state index contributed by atoms with van der Waals surface area (Å²) in [6, 6.07) is 0. The molecule has 0 radical (unpaired) electrons. The second kappa shape index (κ2) is 8.80. The molecule has 0 saturated heterocycles. The Morgan fingerprint density at radius 3 is 2.64 bits per heavy atom. The van der Waals surface area contributed by atoms with Gasteiger partial charge in [-0.1, -0.05) is 12.2 Å². The highest BCUT2D eigenvalue weighted by atomic mass is 32.1. The number of rotatable bonds is 6. The first-order chi connectivity index (χ1) is 11.9. The van der Waals surface area contributed by atoms with E-state index in [1.54, 1.807) is 6.92 Å². The van der Waals surface area contributed by atoms with E-state index in [0.29, 0.717) is 17.0 Å². The summed E-state index contributed by atoms with van der Waals surface area (Å²) in [6.45, 7) is 5.30. The normalized spacial score (nSPS) is 16.4. The zero-order valence-electron chi connectivity index (χ0n) is 14.7. The summed E-state index contributed by atoms with van der Waals surface area (Å²) < 4.78 is 10.2. The molecule has 0 aromatic carbocycles. The lowest BCUT2D eigenvalue weighted by Gasteiger charge is -2.16. The molecule has 1 heterocycles. The lowest BCUT2D eigenvalue weighted by Crippen LogP contribution is -2.25. The van der Waals surface area contributed by atoms with Crippen LogP contribution in [0.1, 0.15) is 47.0 Å². The van der Waals surface area contributed by atoms with E-state index in [4.69, 9.17) is 9.47 Å². The van der Waals surface area contributed by atoms with Crippen LogP contribution in [0.5, 0.6) is 0 Å². The average Bonchev–Trinajstić information content (AvgIpc) is 2.87. The molecule has 1 aliphatic rings. The van der Waals surface area contributed by atoms with Crippen molar-refractivity contribution in [3.63, 3.8) is 0 Å². The maximum atomic E-state index is 12.1. The summed E-state index contributed by atoms with van der Waals surface area (Å²) in [4.78, 5) is 37.1. The second-order valence-electron chi connectivity index (χ2n) is 5.85. The summed E-state index contributed by atoms with van der Waals surface area (Å²) in [5.74, 6) is -1.47. The molecule has 0 bridgehead atoms. The Hall–Kier alpha value is -2.15. The van der Waals surface area contributed by atoms with Crippen molar-refractivity contribution in [2.24, 2.45) is 5.92 Å². The van der Waals surface area contributed by atoms with Crippen LogP contribution in [0.15, 0.2) is 12.2 Å². The number of aryl methyl sites for hydroxylation is 1. The van der Waals surface area contributed by atoms with Crippen molar-refractivity contribution in [1.29, 1.82) is 0 Å². The molecule has 1 aromatic heterocycles. The van der Waals surface area contributed by atoms with Gasteiger partial charge in [0.2, 0.25) is 0 Å². The van der Waals surface area contributed by atoms with Crippen LogP contribution in [0.2, 0.25) is 0 Å². The average molecular weight is 365 g/mol. The maximum absolute atomic E-state index is 12.1. The molecule has 25 heavy (non-hydrogen) atoms. The fraction of sp³-hybridized carbons (Fsp3) is 0.500. The first-order valence-corrected chi connectivity index (χ1v) is 9.14. The van der Waals surface area contributed by atoms with E-state index in [9.17, 15) is 14.4 Å². The standard InChI is InChI=1S/C18H23NO5S/c1-4-23-18(22)15-11(2)12(3)25-16(15)19-14(20)10-24-17(21)13-8-6-5-7-9-13/h5-6,13H,4,7-10H2,1-3H3,(H,19,20)/t13-/m1/s1. The van der Waals surface area contributed by atoms with Gasteiger partial charge in [-0.05, 0) is 45.6 Å². The highest BCUT2D eigenvalue weighted by Crippen LogP contribution is 2.33. The van der Waals surface area contributed by atoms with Crippen LogP contribution in [0.25, 0.3) is 0 Å². The van der Waals surface area contributed by atoms with E-state index >= 15 is 0 Å². The minimum Gasteiger partial charge on any atom is -0.462 e. The molecule has 1 N–H and O–H groups in total. The van der Waals surface area contributed by atoms with Crippen molar-refractivity contribution in [2.45, 2.75) is 40.0 Å². The summed E-state index contributed by atoms with van der Waals surface area (Å²) in [6.07, 6.45) is 6.24. The van der Waals surface area contributed by atoms with Crippen LogP contribution in [0.4, 0.5) is 5.00 Å². The number of esters is 2. The molecule has 136 valence electrons. The number of nitrogens with one attached hydrogen (secondary N) is 1. The number of carbonyl (C=O) groups is 3. The fourth-order valence-corrected chi connectivity index (χ4v) is 3.65. The van der Waals surface area contributed by atoms with Gasteiger partial charge in [0.1, 0.15) is 5.00 Å². The van der Waals surface area contributed by atoms with Crippen LogP contribution in [-0.4, -0.2) is 31.1 Å². The van der Waals surface area contributed by atoms with Crippen LogP contribution in [0, 0.1) is 19.8 Å². The van der Waals surface area contributed by atoms with Gasteiger partial charge in [-0.25, -0.2) is 4.79 Å². The van der Waals surface area contributed by atoms with E-state index < -0.39 is 11.9 Å². The molecule has 0 fully saturated rings. The Bertz CT molecular complexity index is 692. The van der Waals surface area contributed by atoms with E-state index in [0.717, 1.165) is 23.3 Å².